The van der Waals surface area contributed by atoms with Crippen molar-refractivity contribution in [1.29, 1.82) is 0 Å². The third kappa shape index (κ3) is 3.24. The molecule has 7 heteroatoms. The maximum absolute atomic E-state index is 11.9. The first-order valence-electron chi connectivity index (χ1n) is 7.02. The number of carboxylic acids is 1. The second kappa shape index (κ2) is 5.85. The Kier molecular flexibility index (Phi) is 4.32. The minimum atomic E-state index is -0.786. The Hall–Kier alpha value is -1.89. The lowest BCUT2D eigenvalue weighted by Gasteiger charge is -2.28. The minimum Gasteiger partial charge on any atom is -0.481 e. The maximum Gasteiger partial charge on any atom is 0.311 e. The van der Waals surface area contributed by atoms with E-state index >= 15 is 0 Å². The summed E-state index contributed by atoms with van der Waals surface area (Å²) in [5.41, 5.74) is -0.0699. The Balaban J connectivity index is 1.93. The number of nitrogens with zero attached hydrogens (tertiary/aromatic N) is 2. The molecule has 0 saturated carbocycles. The van der Waals surface area contributed by atoms with E-state index in [2.05, 4.69) is 10.5 Å². The van der Waals surface area contributed by atoms with E-state index in [-0.39, 0.29) is 18.4 Å². The number of carboxylic acid groups (broad SMARTS) is 1. The fourth-order valence-electron chi connectivity index (χ4n) is 2.75. The smallest absolute Gasteiger partial charge is 0.311 e. The molecule has 21 heavy (non-hydrogen) atoms. The van der Waals surface area contributed by atoms with Crippen LogP contribution in [0.5, 0.6) is 0 Å². The molecule has 1 aliphatic rings. The van der Waals surface area contributed by atoms with Crippen LogP contribution in [0.2, 0.25) is 0 Å². The van der Waals surface area contributed by atoms with Gasteiger partial charge in [0, 0.05) is 12.6 Å². The summed E-state index contributed by atoms with van der Waals surface area (Å²) in [4.78, 5) is 25.3. The van der Waals surface area contributed by atoms with Crippen molar-refractivity contribution in [2.24, 2.45) is 11.3 Å². The largest absolute Gasteiger partial charge is 0.481 e. The lowest BCUT2D eigenvalue weighted by atomic mass is 9.76. The number of amides is 1. The van der Waals surface area contributed by atoms with Crippen LogP contribution in [-0.4, -0.2) is 46.7 Å². The molecule has 0 aliphatic carbocycles. The summed E-state index contributed by atoms with van der Waals surface area (Å²) in [6, 6.07) is 1.64. The molecule has 1 aromatic rings. The summed E-state index contributed by atoms with van der Waals surface area (Å²) in [7, 11) is 0. The van der Waals surface area contributed by atoms with Gasteiger partial charge in [0.05, 0.1) is 17.7 Å². The first kappa shape index (κ1) is 15.5. The summed E-state index contributed by atoms with van der Waals surface area (Å²) >= 11 is 0. The van der Waals surface area contributed by atoms with Crippen LogP contribution in [0, 0.1) is 18.3 Å². The highest BCUT2D eigenvalue weighted by Crippen LogP contribution is 2.37. The maximum atomic E-state index is 11.9. The van der Waals surface area contributed by atoms with Gasteiger partial charge in [0.2, 0.25) is 11.8 Å². The molecule has 1 amide bonds. The van der Waals surface area contributed by atoms with E-state index in [1.54, 1.807) is 13.0 Å². The molecule has 1 fully saturated rings. The molecular formula is C14H21N3O4. The molecule has 2 heterocycles. The lowest BCUT2D eigenvalue weighted by Crippen LogP contribution is -2.40. The van der Waals surface area contributed by atoms with Crippen LogP contribution in [0.25, 0.3) is 0 Å². The predicted molar refractivity (Wildman–Crippen MR) is 75.8 cm³/mol. The fourth-order valence-corrected chi connectivity index (χ4v) is 2.75. The van der Waals surface area contributed by atoms with Crippen molar-refractivity contribution in [3.8, 4) is 0 Å². The highest BCUT2D eigenvalue weighted by Gasteiger charge is 2.47. The zero-order valence-electron chi connectivity index (χ0n) is 12.5. The molecule has 0 bridgehead atoms. The third-order valence-corrected chi connectivity index (χ3v) is 4.17. The SMILES string of the molecule is Cc1cc(NC(=O)CN2CCC(C(=O)O)(C(C)C)C2)on1. The minimum absolute atomic E-state index is 0.0278. The van der Waals surface area contributed by atoms with Gasteiger partial charge >= 0.3 is 5.97 Å². The van der Waals surface area contributed by atoms with E-state index in [1.165, 1.54) is 0 Å². The van der Waals surface area contributed by atoms with Crippen molar-refractivity contribution in [2.75, 3.05) is 25.0 Å². The Labute approximate surface area is 123 Å². The quantitative estimate of drug-likeness (QED) is 0.851. The highest BCUT2D eigenvalue weighted by molar-refractivity contribution is 5.91. The van der Waals surface area contributed by atoms with Gasteiger partial charge in [-0.2, -0.15) is 0 Å². The number of aryl methyl sites for hydroxylation is 1. The molecule has 2 N–H and O–H groups in total. The molecule has 0 radical (unpaired) electrons. The van der Waals surface area contributed by atoms with Gasteiger partial charge < -0.3 is 9.63 Å². The van der Waals surface area contributed by atoms with E-state index in [0.29, 0.717) is 31.1 Å². The van der Waals surface area contributed by atoms with Crippen LogP contribution < -0.4 is 5.32 Å². The molecule has 1 unspecified atom stereocenters. The van der Waals surface area contributed by atoms with Gasteiger partial charge in [0.25, 0.3) is 0 Å². The summed E-state index contributed by atoms with van der Waals surface area (Å²) in [5, 5.41) is 15.8. The first-order valence-corrected chi connectivity index (χ1v) is 7.02. The van der Waals surface area contributed by atoms with Crippen molar-refractivity contribution in [3.05, 3.63) is 11.8 Å². The van der Waals surface area contributed by atoms with Crippen molar-refractivity contribution in [3.63, 3.8) is 0 Å². The standard InChI is InChI=1S/C14H21N3O4/c1-9(2)14(13(19)20)4-5-17(8-14)7-11(18)15-12-6-10(3)16-21-12/h6,9H,4-5,7-8H2,1-3H3,(H,15,18)(H,19,20). The van der Waals surface area contributed by atoms with Crippen LogP contribution in [0.4, 0.5) is 5.88 Å². The van der Waals surface area contributed by atoms with Crippen molar-refractivity contribution < 1.29 is 19.2 Å². The third-order valence-electron chi connectivity index (χ3n) is 4.17. The van der Waals surface area contributed by atoms with Gasteiger partial charge in [-0.15, -0.1) is 0 Å². The van der Waals surface area contributed by atoms with Crippen LogP contribution >= 0.6 is 0 Å². The van der Waals surface area contributed by atoms with E-state index in [4.69, 9.17) is 4.52 Å². The van der Waals surface area contributed by atoms with Crippen molar-refractivity contribution in [1.82, 2.24) is 10.1 Å². The average Bonchev–Trinajstić information content (AvgIpc) is 2.97. The van der Waals surface area contributed by atoms with E-state index in [0.717, 1.165) is 0 Å². The van der Waals surface area contributed by atoms with Crippen molar-refractivity contribution in [2.45, 2.75) is 27.2 Å². The summed E-state index contributed by atoms with van der Waals surface area (Å²) in [6.07, 6.45) is 0.564. The molecule has 1 aromatic heterocycles. The number of rotatable bonds is 5. The topological polar surface area (TPSA) is 95.7 Å². The fraction of sp³-hybridized carbons (Fsp3) is 0.643. The molecule has 1 aliphatic heterocycles. The number of carbonyl (C=O) groups excluding carboxylic acids is 1. The molecule has 116 valence electrons. The van der Waals surface area contributed by atoms with Gasteiger partial charge in [-0.3, -0.25) is 19.8 Å². The van der Waals surface area contributed by atoms with Gasteiger partial charge in [0.1, 0.15) is 0 Å². The second-order valence-corrected chi connectivity index (χ2v) is 5.96. The van der Waals surface area contributed by atoms with Gasteiger partial charge in [0.15, 0.2) is 0 Å². The van der Waals surface area contributed by atoms with Gasteiger partial charge in [-0.1, -0.05) is 19.0 Å². The second-order valence-electron chi connectivity index (χ2n) is 5.96. The molecule has 1 saturated heterocycles. The number of anilines is 1. The number of likely N-dealkylation sites (tertiary alicyclic amines) is 1. The van der Waals surface area contributed by atoms with E-state index in [1.807, 2.05) is 18.7 Å². The monoisotopic (exact) mass is 295 g/mol. The van der Waals surface area contributed by atoms with Crippen LogP contribution in [0.3, 0.4) is 0 Å². The van der Waals surface area contributed by atoms with Crippen LogP contribution in [0.15, 0.2) is 10.6 Å². The molecule has 2 rings (SSSR count). The first-order chi connectivity index (χ1) is 9.83. The number of aliphatic carboxylic acids is 1. The molecule has 1 atom stereocenters. The van der Waals surface area contributed by atoms with Crippen molar-refractivity contribution >= 4 is 17.8 Å². The van der Waals surface area contributed by atoms with Gasteiger partial charge in [-0.05, 0) is 25.8 Å². The number of aromatic nitrogens is 1. The number of carbonyl (C=O) groups is 2. The number of nitrogens with one attached hydrogen (secondary N) is 1. The summed E-state index contributed by atoms with van der Waals surface area (Å²) in [6.45, 7) is 6.74. The average molecular weight is 295 g/mol. The normalized spacial score (nSPS) is 22.7. The molecule has 0 spiro atoms. The van der Waals surface area contributed by atoms with Gasteiger partial charge in [-0.25, -0.2) is 0 Å². The molecule has 0 aromatic carbocycles. The predicted octanol–water partition coefficient (Wildman–Crippen LogP) is 1.35. The number of hydrogen-bond donors (Lipinski definition) is 2. The summed E-state index contributed by atoms with van der Waals surface area (Å²) < 4.78 is 4.92. The Morgan fingerprint density at radius 2 is 2.29 bits per heavy atom. The lowest BCUT2D eigenvalue weighted by molar-refractivity contribution is -0.151. The Bertz CT molecular complexity index is 540. The number of hydrogen-bond acceptors (Lipinski definition) is 5. The highest BCUT2D eigenvalue weighted by atomic mass is 16.5. The zero-order chi connectivity index (χ0) is 15.6. The van der Waals surface area contributed by atoms with Crippen LogP contribution in [0.1, 0.15) is 26.0 Å². The van der Waals surface area contributed by atoms with Crippen LogP contribution in [-0.2, 0) is 9.59 Å². The van der Waals surface area contributed by atoms with E-state index in [9.17, 15) is 14.7 Å². The Morgan fingerprint density at radius 3 is 2.76 bits per heavy atom. The Morgan fingerprint density at radius 1 is 1.57 bits per heavy atom. The molecule has 7 nitrogen and oxygen atoms in total. The summed E-state index contributed by atoms with van der Waals surface area (Å²) in [5.74, 6) is -0.674. The zero-order valence-corrected chi connectivity index (χ0v) is 12.5. The molecular weight excluding hydrogens is 274 g/mol. The van der Waals surface area contributed by atoms with E-state index < -0.39 is 11.4 Å².